The molecule has 0 heterocycles. The summed E-state index contributed by atoms with van der Waals surface area (Å²) in [6.07, 6.45) is 8.21. The van der Waals surface area contributed by atoms with Gasteiger partial charge in [0.1, 0.15) is 0 Å². The first kappa shape index (κ1) is 14.2. The molecular formula is C12H23NO2. The molecule has 0 bridgehead atoms. The number of unbranched alkanes of at least 4 members (excludes halogenated alkanes) is 2. The summed E-state index contributed by atoms with van der Waals surface area (Å²) in [5.41, 5.74) is 5.02. The minimum absolute atomic E-state index is 0.221. The molecule has 3 heteroatoms. The van der Waals surface area contributed by atoms with Crippen molar-refractivity contribution in [1.82, 2.24) is 0 Å². The number of hydrogen-bond acceptors (Lipinski definition) is 2. The average Bonchev–Trinajstić information content (AvgIpc) is 2.15. The predicted molar refractivity (Wildman–Crippen MR) is 62.3 cm³/mol. The first-order valence-electron chi connectivity index (χ1n) is 5.65. The van der Waals surface area contributed by atoms with Gasteiger partial charge in [0, 0.05) is 6.42 Å². The molecule has 88 valence electrons. The van der Waals surface area contributed by atoms with Crippen LogP contribution >= 0.6 is 0 Å². The number of amides is 1. The Labute approximate surface area is 92.4 Å². The molecule has 0 saturated carbocycles. The van der Waals surface area contributed by atoms with Crippen LogP contribution in [0.1, 0.15) is 46.0 Å². The van der Waals surface area contributed by atoms with E-state index < -0.39 is 0 Å². The molecule has 2 unspecified atom stereocenters. The van der Waals surface area contributed by atoms with Crippen molar-refractivity contribution in [2.45, 2.75) is 52.1 Å². The van der Waals surface area contributed by atoms with Gasteiger partial charge in [0.05, 0.1) is 6.10 Å². The lowest BCUT2D eigenvalue weighted by Gasteiger charge is -2.10. The summed E-state index contributed by atoms with van der Waals surface area (Å²) in [5, 5.41) is 9.24. The molecule has 0 rings (SSSR count). The second-order valence-electron chi connectivity index (χ2n) is 4.14. The van der Waals surface area contributed by atoms with Crippen molar-refractivity contribution in [1.29, 1.82) is 0 Å². The minimum atomic E-state index is -0.246. The highest BCUT2D eigenvalue weighted by Crippen LogP contribution is 2.09. The Morgan fingerprint density at radius 2 is 2.00 bits per heavy atom. The monoisotopic (exact) mass is 213 g/mol. The van der Waals surface area contributed by atoms with Gasteiger partial charge in [-0.05, 0) is 38.5 Å². The smallest absolute Gasteiger partial charge is 0.217 e. The Bertz CT molecular complexity index is 200. The van der Waals surface area contributed by atoms with Gasteiger partial charge in [0.2, 0.25) is 5.91 Å². The van der Waals surface area contributed by atoms with Crippen molar-refractivity contribution in [3.05, 3.63) is 12.2 Å². The van der Waals surface area contributed by atoms with Gasteiger partial charge in [0.25, 0.3) is 0 Å². The van der Waals surface area contributed by atoms with Crippen LogP contribution in [0.5, 0.6) is 0 Å². The Kier molecular flexibility index (Phi) is 8.01. The normalized spacial score (nSPS) is 15.4. The molecule has 3 nitrogen and oxygen atoms in total. The highest BCUT2D eigenvalue weighted by atomic mass is 16.3. The van der Waals surface area contributed by atoms with Crippen LogP contribution in [0.15, 0.2) is 12.2 Å². The fourth-order valence-electron chi connectivity index (χ4n) is 1.19. The summed E-state index contributed by atoms with van der Waals surface area (Å²) >= 11 is 0. The number of hydrogen-bond donors (Lipinski definition) is 2. The van der Waals surface area contributed by atoms with Crippen molar-refractivity contribution in [3.63, 3.8) is 0 Å². The molecule has 15 heavy (non-hydrogen) atoms. The number of rotatable bonds is 8. The van der Waals surface area contributed by atoms with E-state index in [4.69, 9.17) is 5.73 Å². The molecule has 0 aliphatic heterocycles. The zero-order valence-electron chi connectivity index (χ0n) is 9.78. The molecule has 0 aliphatic rings. The highest BCUT2D eigenvalue weighted by Gasteiger charge is 2.05. The fourth-order valence-corrected chi connectivity index (χ4v) is 1.19. The second kappa shape index (κ2) is 8.48. The summed E-state index contributed by atoms with van der Waals surface area (Å²) in [4.78, 5) is 10.4. The van der Waals surface area contributed by atoms with Crippen LogP contribution in [-0.4, -0.2) is 17.1 Å². The summed E-state index contributed by atoms with van der Waals surface area (Å²) in [6.45, 7) is 3.84. The first-order valence-corrected chi connectivity index (χ1v) is 5.65. The molecule has 3 N–H and O–H groups in total. The van der Waals surface area contributed by atoms with Crippen molar-refractivity contribution in [3.8, 4) is 0 Å². The van der Waals surface area contributed by atoms with E-state index in [1.807, 2.05) is 13.8 Å². The van der Waals surface area contributed by atoms with Crippen molar-refractivity contribution >= 4 is 5.91 Å². The van der Waals surface area contributed by atoms with Crippen LogP contribution < -0.4 is 5.73 Å². The van der Waals surface area contributed by atoms with E-state index in [1.165, 1.54) is 0 Å². The van der Waals surface area contributed by atoms with E-state index in [2.05, 4.69) is 12.2 Å². The minimum Gasteiger partial charge on any atom is -0.393 e. The number of nitrogens with two attached hydrogens (primary N) is 1. The Morgan fingerprint density at radius 1 is 1.33 bits per heavy atom. The van der Waals surface area contributed by atoms with Crippen LogP contribution in [0.3, 0.4) is 0 Å². The van der Waals surface area contributed by atoms with Crippen LogP contribution in [0, 0.1) is 5.92 Å². The number of carbonyl (C=O) groups is 1. The number of allylic oxidation sites excluding steroid dienone is 2. The van der Waals surface area contributed by atoms with Gasteiger partial charge in [-0.3, -0.25) is 4.79 Å². The molecule has 0 aromatic carbocycles. The lowest BCUT2D eigenvalue weighted by molar-refractivity contribution is -0.118. The van der Waals surface area contributed by atoms with Gasteiger partial charge >= 0.3 is 0 Å². The molecule has 0 fully saturated rings. The summed E-state index contributed by atoms with van der Waals surface area (Å²) < 4.78 is 0. The van der Waals surface area contributed by atoms with Crippen LogP contribution in [0.25, 0.3) is 0 Å². The summed E-state index contributed by atoms with van der Waals surface area (Å²) in [5.74, 6) is 0.0913. The molecule has 0 aromatic heterocycles. The van der Waals surface area contributed by atoms with E-state index in [0.29, 0.717) is 12.3 Å². The third-order valence-electron chi connectivity index (χ3n) is 2.54. The Balaban J connectivity index is 3.35. The lowest BCUT2D eigenvalue weighted by atomic mass is 10.0. The maximum Gasteiger partial charge on any atom is 0.217 e. The molecule has 1 amide bonds. The van der Waals surface area contributed by atoms with Gasteiger partial charge in [-0.15, -0.1) is 0 Å². The van der Waals surface area contributed by atoms with Crippen molar-refractivity contribution in [2.24, 2.45) is 11.7 Å². The second-order valence-corrected chi connectivity index (χ2v) is 4.14. The van der Waals surface area contributed by atoms with E-state index in [-0.39, 0.29) is 12.0 Å². The molecule has 0 spiro atoms. The highest BCUT2D eigenvalue weighted by molar-refractivity contribution is 5.73. The fraction of sp³-hybridized carbons (Fsp3) is 0.750. The largest absolute Gasteiger partial charge is 0.393 e. The molecular weight excluding hydrogens is 190 g/mol. The third kappa shape index (κ3) is 9.47. The maximum atomic E-state index is 10.4. The van der Waals surface area contributed by atoms with Crippen molar-refractivity contribution < 1.29 is 9.90 Å². The Hall–Kier alpha value is -0.830. The molecule has 0 radical (unpaired) electrons. The van der Waals surface area contributed by atoms with E-state index >= 15 is 0 Å². The zero-order chi connectivity index (χ0) is 11.7. The number of primary amides is 1. The number of aliphatic hydroxyl groups excluding tert-OH is 1. The molecule has 0 aliphatic carbocycles. The lowest BCUT2D eigenvalue weighted by Crippen LogP contribution is -2.11. The van der Waals surface area contributed by atoms with E-state index in [1.54, 1.807) is 0 Å². The SMILES string of the molecule is CC(O)C(C)CC=CCCCCC(N)=O. The van der Waals surface area contributed by atoms with Gasteiger partial charge in [-0.25, -0.2) is 0 Å². The van der Waals surface area contributed by atoms with Crippen LogP contribution in [0.2, 0.25) is 0 Å². The molecule has 0 saturated heterocycles. The number of carbonyl (C=O) groups excluding carboxylic acids is 1. The van der Waals surface area contributed by atoms with Gasteiger partial charge in [-0.2, -0.15) is 0 Å². The Morgan fingerprint density at radius 3 is 2.53 bits per heavy atom. The van der Waals surface area contributed by atoms with Gasteiger partial charge in [-0.1, -0.05) is 19.1 Å². The van der Waals surface area contributed by atoms with Crippen LogP contribution in [0.4, 0.5) is 0 Å². The van der Waals surface area contributed by atoms with Crippen LogP contribution in [-0.2, 0) is 4.79 Å². The van der Waals surface area contributed by atoms with E-state index in [9.17, 15) is 9.90 Å². The molecule has 2 atom stereocenters. The standard InChI is InChI=1S/C12H23NO2/c1-10(11(2)14)8-6-4-3-5-7-9-12(13)15/h4,6,10-11,14H,3,5,7-9H2,1-2H3,(H2,13,15). The summed E-state index contributed by atoms with van der Waals surface area (Å²) in [7, 11) is 0. The van der Waals surface area contributed by atoms with Gasteiger partial charge < -0.3 is 10.8 Å². The quantitative estimate of drug-likeness (QED) is 0.478. The third-order valence-corrected chi connectivity index (χ3v) is 2.54. The zero-order valence-corrected chi connectivity index (χ0v) is 9.78. The van der Waals surface area contributed by atoms with Gasteiger partial charge in [0.15, 0.2) is 0 Å². The first-order chi connectivity index (χ1) is 7.04. The topological polar surface area (TPSA) is 63.3 Å². The average molecular weight is 213 g/mol. The number of aliphatic hydroxyl groups is 1. The maximum absolute atomic E-state index is 10.4. The summed E-state index contributed by atoms with van der Waals surface area (Å²) in [6, 6.07) is 0. The van der Waals surface area contributed by atoms with E-state index in [0.717, 1.165) is 25.7 Å². The molecule has 0 aromatic rings. The van der Waals surface area contributed by atoms with Crippen molar-refractivity contribution in [2.75, 3.05) is 0 Å². The predicted octanol–water partition coefficient (Wildman–Crippen LogP) is 2.00.